The lowest BCUT2D eigenvalue weighted by Gasteiger charge is -2.14. The first-order chi connectivity index (χ1) is 31.7. The van der Waals surface area contributed by atoms with E-state index in [-0.39, 0.29) is 0 Å². The normalized spacial score (nSPS) is 12.1. The molecule has 4 heterocycles. The third-order valence-corrected chi connectivity index (χ3v) is 13.3. The van der Waals surface area contributed by atoms with E-state index >= 15 is 0 Å². The van der Waals surface area contributed by atoms with Crippen LogP contribution in [0, 0.1) is 0 Å². The molecule has 0 aliphatic carbocycles. The molecule has 10 aromatic carbocycles. The van der Waals surface area contributed by atoms with Crippen LogP contribution in [0.4, 0.5) is 0 Å². The van der Waals surface area contributed by atoms with E-state index in [1.807, 2.05) is 18.2 Å². The van der Waals surface area contributed by atoms with Gasteiger partial charge >= 0.3 is 0 Å². The fraction of sp³-hybridized carbons (Fsp3) is 0. The number of aromatic nitrogens is 2. The van der Waals surface area contributed by atoms with Gasteiger partial charge < -0.3 is 18.0 Å². The first-order valence-corrected chi connectivity index (χ1v) is 21.8. The summed E-state index contributed by atoms with van der Waals surface area (Å²) in [6.45, 7) is 0. The summed E-state index contributed by atoms with van der Waals surface area (Å²) >= 11 is 0. The molecule has 4 nitrogen and oxygen atoms in total. The van der Waals surface area contributed by atoms with E-state index in [4.69, 9.17) is 8.83 Å². The second kappa shape index (κ2) is 13.4. The molecular formula is C60H36N2O2. The third kappa shape index (κ3) is 5.05. The lowest BCUT2D eigenvalue weighted by Crippen LogP contribution is -1.94. The molecule has 0 atom stereocenters. The first-order valence-electron chi connectivity index (χ1n) is 21.8. The van der Waals surface area contributed by atoms with Gasteiger partial charge in [-0.3, -0.25) is 0 Å². The fourth-order valence-corrected chi connectivity index (χ4v) is 10.6. The van der Waals surface area contributed by atoms with Crippen molar-refractivity contribution in [1.29, 1.82) is 0 Å². The van der Waals surface area contributed by atoms with Crippen LogP contribution in [0.3, 0.4) is 0 Å². The number of hydrogen-bond donors (Lipinski definition) is 0. The number of fused-ring (bicyclic) bond motifs is 12. The average molecular weight is 817 g/mol. The Bertz CT molecular complexity index is 4200. The van der Waals surface area contributed by atoms with Crippen molar-refractivity contribution in [3.8, 4) is 44.8 Å². The molecule has 0 spiro atoms. The van der Waals surface area contributed by atoms with Gasteiger partial charge in [-0.2, -0.15) is 0 Å². The van der Waals surface area contributed by atoms with Crippen molar-refractivity contribution in [2.45, 2.75) is 0 Å². The Morgan fingerprint density at radius 3 is 1.48 bits per heavy atom. The summed E-state index contributed by atoms with van der Waals surface area (Å²) in [4.78, 5) is 0. The summed E-state index contributed by atoms with van der Waals surface area (Å²) in [7, 11) is 0. The molecule has 14 rings (SSSR count). The standard InChI is InChI=1S/C60H36N2O2/c1-2-15-41(16-3-1)61-50-24-8-4-19-47(50)58-42(21-12-26-52(58)61)39-33-38(37-31-32-57-49(36-37)45-18-7-10-29-55(45)63-57)34-40(35-39)43-22-13-27-53-59(43)48-20-5-9-25-51(48)62(53)54-28-14-23-46-44-17-6-11-30-56(44)64-60(46)54/h1-36H. The molecule has 0 bridgehead atoms. The van der Waals surface area contributed by atoms with Crippen LogP contribution in [-0.4, -0.2) is 9.13 Å². The highest BCUT2D eigenvalue weighted by atomic mass is 16.3. The van der Waals surface area contributed by atoms with Crippen molar-refractivity contribution in [1.82, 2.24) is 9.13 Å². The maximum Gasteiger partial charge on any atom is 0.159 e. The molecule has 0 unspecified atom stereocenters. The van der Waals surface area contributed by atoms with Gasteiger partial charge in [0.25, 0.3) is 0 Å². The molecule has 0 fully saturated rings. The van der Waals surface area contributed by atoms with E-state index in [0.717, 1.165) is 88.5 Å². The minimum absolute atomic E-state index is 0.881. The van der Waals surface area contributed by atoms with Gasteiger partial charge in [0.05, 0.1) is 27.8 Å². The van der Waals surface area contributed by atoms with Crippen LogP contribution in [0.2, 0.25) is 0 Å². The number of hydrogen-bond acceptors (Lipinski definition) is 2. The Morgan fingerprint density at radius 1 is 0.281 bits per heavy atom. The molecule has 0 aliphatic heterocycles. The zero-order chi connectivity index (χ0) is 41.9. The second-order valence-corrected chi connectivity index (χ2v) is 16.8. The summed E-state index contributed by atoms with van der Waals surface area (Å²) in [6.07, 6.45) is 0. The fourth-order valence-electron chi connectivity index (χ4n) is 10.6. The summed E-state index contributed by atoms with van der Waals surface area (Å²) < 4.78 is 17.8. The number of benzene rings is 10. The van der Waals surface area contributed by atoms with E-state index in [1.54, 1.807) is 0 Å². The number of para-hydroxylation sites is 6. The van der Waals surface area contributed by atoms with Gasteiger partial charge in [0, 0.05) is 48.8 Å². The highest BCUT2D eigenvalue weighted by molar-refractivity contribution is 6.19. The van der Waals surface area contributed by atoms with E-state index < -0.39 is 0 Å². The molecule has 4 heteroatoms. The maximum atomic E-state index is 6.67. The summed E-state index contributed by atoms with van der Waals surface area (Å²) in [5.41, 5.74) is 17.2. The van der Waals surface area contributed by atoms with Crippen molar-refractivity contribution >= 4 is 87.5 Å². The molecule has 0 aliphatic rings. The summed E-state index contributed by atoms with van der Waals surface area (Å²) in [6, 6.07) is 78.7. The second-order valence-electron chi connectivity index (χ2n) is 16.8. The molecule has 0 radical (unpaired) electrons. The van der Waals surface area contributed by atoms with Crippen molar-refractivity contribution in [3.63, 3.8) is 0 Å². The minimum atomic E-state index is 0.881. The predicted molar refractivity (Wildman–Crippen MR) is 266 cm³/mol. The number of rotatable bonds is 5. The minimum Gasteiger partial charge on any atom is -0.456 e. The first kappa shape index (κ1) is 35.0. The molecule has 0 amide bonds. The quantitative estimate of drug-likeness (QED) is 0.173. The van der Waals surface area contributed by atoms with Crippen LogP contribution in [0.5, 0.6) is 0 Å². The monoisotopic (exact) mass is 816 g/mol. The van der Waals surface area contributed by atoms with E-state index in [0.29, 0.717) is 0 Å². The Labute approximate surface area is 367 Å². The Balaban J connectivity index is 1.06. The van der Waals surface area contributed by atoms with Crippen molar-refractivity contribution in [2.75, 3.05) is 0 Å². The highest BCUT2D eigenvalue weighted by Gasteiger charge is 2.22. The van der Waals surface area contributed by atoms with Crippen molar-refractivity contribution in [3.05, 3.63) is 218 Å². The third-order valence-electron chi connectivity index (χ3n) is 13.3. The molecule has 4 aromatic heterocycles. The lowest BCUT2D eigenvalue weighted by molar-refractivity contribution is 0.666. The van der Waals surface area contributed by atoms with E-state index in [1.165, 1.54) is 43.7 Å². The zero-order valence-electron chi connectivity index (χ0n) is 34.5. The molecule has 64 heavy (non-hydrogen) atoms. The zero-order valence-corrected chi connectivity index (χ0v) is 34.5. The van der Waals surface area contributed by atoms with Crippen LogP contribution in [0.15, 0.2) is 227 Å². The average Bonchev–Trinajstić information content (AvgIpc) is 4.12. The van der Waals surface area contributed by atoms with Gasteiger partial charge in [-0.15, -0.1) is 0 Å². The van der Waals surface area contributed by atoms with Crippen LogP contribution in [-0.2, 0) is 0 Å². The van der Waals surface area contributed by atoms with Gasteiger partial charge in [-0.25, -0.2) is 0 Å². The summed E-state index contributed by atoms with van der Waals surface area (Å²) in [5.74, 6) is 0. The lowest BCUT2D eigenvalue weighted by atomic mass is 9.90. The van der Waals surface area contributed by atoms with Crippen LogP contribution >= 0.6 is 0 Å². The topological polar surface area (TPSA) is 36.1 Å². The Kier molecular flexibility index (Phi) is 7.36. The summed E-state index contributed by atoms with van der Waals surface area (Å²) in [5, 5.41) is 9.29. The van der Waals surface area contributed by atoms with Crippen LogP contribution < -0.4 is 0 Å². The molecule has 0 saturated carbocycles. The van der Waals surface area contributed by atoms with Crippen LogP contribution in [0.25, 0.3) is 132 Å². The van der Waals surface area contributed by atoms with Gasteiger partial charge in [-0.1, -0.05) is 133 Å². The van der Waals surface area contributed by atoms with Gasteiger partial charge in [0.2, 0.25) is 0 Å². The molecule has 0 saturated heterocycles. The van der Waals surface area contributed by atoms with Crippen molar-refractivity contribution in [2.24, 2.45) is 0 Å². The van der Waals surface area contributed by atoms with Crippen LogP contribution in [0.1, 0.15) is 0 Å². The molecule has 0 N–H and O–H groups in total. The molecule has 14 aromatic rings. The van der Waals surface area contributed by atoms with E-state index in [2.05, 4.69) is 209 Å². The smallest absolute Gasteiger partial charge is 0.159 e. The van der Waals surface area contributed by atoms with Gasteiger partial charge in [-0.05, 0) is 118 Å². The van der Waals surface area contributed by atoms with Gasteiger partial charge in [0.15, 0.2) is 5.58 Å². The van der Waals surface area contributed by atoms with E-state index in [9.17, 15) is 0 Å². The highest BCUT2D eigenvalue weighted by Crippen LogP contribution is 2.45. The molecule has 298 valence electrons. The maximum absolute atomic E-state index is 6.67. The molecular weight excluding hydrogens is 781 g/mol. The Hall–Kier alpha value is -8.60. The predicted octanol–water partition coefficient (Wildman–Crippen LogP) is 16.7. The van der Waals surface area contributed by atoms with Crippen molar-refractivity contribution < 1.29 is 8.83 Å². The largest absolute Gasteiger partial charge is 0.456 e. The number of nitrogens with zero attached hydrogens (tertiary/aromatic N) is 2. The SMILES string of the molecule is c1ccc(-n2c3ccccc3c3c(-c4cc(-c5ccc6oc7ccccc7c6c5)cc(-c5cccc6c5c5ccccc5n6-c5cccc6c5oc5ccccc56)c4)cccc32)cc1. The van der Waals surface area contributed by atoms with Gasteiger partial charge in [0.1, 0.15) is 16.7 Å². The number of furan rings is 2. The Morgan fingerprint density at radius 2 is 0.781 bits per heavy atom.